The molecule has 0 aliphatic heterocycles. The van der Waals surface area contributed by atoms with Crippen LogP contribution in [-0.2, 0) is 14.3 Å². The van der Waals surface area contributed by atoms with Gasteiger partial charge in [-0.25, -0.2) is 4.79 Å². The maximum absolute atomic E-state index is 12.0. The smallest absolute Gasteiger partial charge is 0.326 e. The molecule has 1 aromatic rings. The van der Waals surface area contributed by atoms with Crippen molar-refractivity contribution in [2.45, 2.75) is 51.2 Å². The quantitative estimate of drug-likeness (QED) is 0.591. The van der Waals surface area contributed by atoms with Crippen molar-refractivity contribution in [3.05, 3.63) is 29.8 Å². The van der Waals surface area contributed by atoms with E-state index in [9.17, 15) is 19.2 Å². The standard InChI is InChI=1S/C20H27N3O6/c1-13(18(25)23-20(27)22-15-6-4-3-5-7-15)29-17(24)12-21-19(26)14-8-10-16(28-2)11-9-14/h8-11,13,15H,3-7,12H2,1-2H3,(H,21,26)(H2,22,23,25,27)/t13-/m1/s1. The van der Waals surface area contributed by atoms with Gasteiger partial charge in [-0.1, -0.05) is 19.3 Å². The number of ether oxygens (including phenoxy) is 2. The summed E-state index contributed by atoms with van der Waals surface area (Å²) >= 11 is 0. The summed E-state index contributed by atoms with van der Waals surface area (Å²) in [5, 5.41) is 7.33. The second-order valence-electron chi connectivity index (χ2n) is 6.84. The van der Waals surface area contributed by atoms with Crippen molar-refractivity contribution in [3.63, 3.8) is 0 Å². The van der Waals surface area contributed by atoms with Gasteiger partial charge in [-0.3, -0.25) is 19.7 Å². The zero-order valence-electron chi connectivity index (χ0n) is 16.7. The molecule has 1 atom stereocenters. The zero-order valence-corrected chi connectivity index (χ0v) is 16.7. The Hall–Kier alpha value is -3.10. The molecule has 0 heterocycles. The first-order valence-corrected chi connectivity index (χ1v) is 9.62. The first-order valence-electron chi connectivity index (χ1n) is 9.62. The molecule has 0 spiro atoms. The van der Waals surface area contributed by atoms with E-state index < -0.39 is 36.5 Å². The summed E-state index contributed by atoms with van der Waals surface area (Å²) in [4.78, 5) is 47.8. The van der Waals surface area contributed by atoms with E-state index in [2.05, 4.69) is 16.0 Å². The lowest BCUT2D eigenvalue weighted by molar-refractivity contribution is -0.153. The Morgan fingerprint density at radius 1 is 1.07 bits per heavy atom. The normalized spacial score (nSPS) is 15.0. The van der Waals surface area contributed by atoms with Crippen molar-refractivity contribution < 1.29 is 28.7 Å². The summed E-state index contributed by atoms with van der Waals surface area (Å²) in [7, 11) is 1.52. The molecule has 0 saturated heterocycles. The molecule has 4 amide bonds. The topological polar surface area (TPSA) is 123 Å². The summed E-state index contributed by atoms with van der Waals surface area (Å²) in [5.41, 5.74) is 0.351. The van der Waals surface area contributed by atoms with Crippen LogP contribution in [0.1, 0.15) is 49.4 Å². The van der Waals surface area contributed by atoms with E-state index in [1.807, 2.05) is 0 Å². The lowest BCUT2D eigenvalue weighted by atomic mass is 9.96. The Morgan fingerprint density at radius 2 is 1.72 bits per heavy atom. The maximum Gasteiger partial charge on any atom is 0.326 e. The van der Waals surface area contributed by atoms with Gasteiger partial charge in [-0.2, -0.15) is 0 Å². The van der Waals surface area contributed by atoms with Gasteiger partial charge in [0, 0.05) is 11.6 Å². The molecule has 0 bridgehead atoms. The highest BCUT2D eigenvalue weighted by Gasteiger charge is 2.22. The summed E-state index contributed by atoms with van der Waals surface area (Å²) in [6, 6.07) is 5.82. The molecule has 1 aliphatic rings. The minimum atomic E-state index is -1.17. The third kappa shape index (κ3) is 7.44. The van der Waals surface area contributed by atoms with E-state index in [1.165, 1.54) is 14.0 Å². The number of rotatable bonds is 7. The molecule has 1 aliphatic carbocycles. The van der Waals surface area contributed by atoms with Gasteiger partial charge in [-0.15, -0.1) is 0 Å². The fraction of sp³-hybridized carbons (Fsp3) is 0.500. The predicted octanol–water partition coefficient (Wildman–Crippen LogP) is 1.52. The molecular weight excluding hydrogens is 378 g/mol. The van der Waals surface area contributed by atoms with E-state index in [4.69, 9.17) is 9.47 Å². The molecule has 3 N–H and O–H groups in total. The Labute approximate surface area is 169 Å². The summed E-state index contributed by atoms with van der Waals surface area (Å²) in [6.07, 6.45) is 3.86. The number of methoxy groups -OCH3 is 1. The van der Waals surface area contributed by atoms with Crippen molar-refractivity contribution in [2.75, 3.05) is 13.7 Å². The van der Waals surface area contributed by atoms with Gasteiger partial charge in [0.25, 0.3) is 11.8 Å². The van der Waals surface area contributed by atoms with Gasteiger partial charge < -0.3 is 20.1 Å². The van der Waals surface area contributed by atoms with Crippen LogP contribution in [0, 0.1) is 0 Å². The predicted molar refractivity (Wildman–Crippen MR) is 104 cm³/mol. The highest BCUT2D eigenvalue weighted by Crippen LogP contribution is 2.17. The SMILES string of the molecule is COc1ccc(C(=O)NCC(=O)O[C@H](C)C(=O)NC(=O)NC2CCCCC2)cc1. The second-order valence-corrected chi connectivity index (χ2v) is 6.84. The number of urea groups is 1. The average molecular weight is 405 g/mol. The molecular formula is C20H27N3O6. The van der Waals surface area contributed by atoms with Crippen molar-refractivity contribution in [1.29, 1.82) is 0 Å². The fourth-order valence-electron chi connectivity index (χ4n) is 2.97. The van der Waals surface area contributed by atoms with Crippen molar-refractivity contribution in [1.82, 2.24) is 16.0 Å². The third-order valence-corrected chi connectivity index (χ3v) is 4.60. The summed E-state index contributed by atoms with van der Waals surface area (Å²) in [5.74, 6) is -1.38. The Balaban J connectivity index is 1.70. The molecule has 9 heteroatoms. The van der Waals surface area contributed by atoms with Crippen LogP contribution >= 0.6 is 0 Å². The number of hydrogen-bond acceptors (Lipinski definition) is 6. The van der Waals surface area contributed by atoms with E-state index in [0.717, 1.165) is 32.1 Å². The average Bonchev–Trinajstić information content (AvgIpc) is 2.72. The second kappa shape index (κ2) is 11.0. The van der Waals surface area contributed by atoms with Crippen LogP contribution in [0.4, 0.5) is 4.79 Å². The molecule has 0 unspecified atom stereocenters. The number of carbonyl (C=O) groups excluding carboxylic acids is 4. The van der Waals surface area contributed by atoms with E-state index in [1.54, 1.807) is 24.3 Å². The van der Waals surface area contributed by atoms with Crippen LogP contribution in [0.2, 0.25) is 0 Å². The lowest BCUT2D eigenvalue weighted by Gasteiger charge is -2.23. The molecule has 1 aromatic carbocycles. The van der Waals surface area contributed by atoms with Crippen LogP contribution in [0.15, 0.2) is 24.3 Å². The van der Waals surface area contributed by atoms with Gasteiger partial charge in [0.1, 0.15) is 12.3 Å². The minimum Gasteiger partial charge on any atom is -0.497 e. The van der Waals surface area contributed by atoms with Gasteiger partial charge in [0.05, 0.1) is 7.11 Å². The molecule has 1 saturated carbocycles. The molecule has 158 valence electrons. The molecule has 0 radical (unpaired) electrons. The van der Waals surface area contributed by atoms with Gasteiger partial charge in [0.15, 0.2) is 6.10 Å². The van der Waals surface area contributed by atoms with Crippen molar-refractivity contribution in [3.8, 4) is 5.75 Å². The number of carbonyl (C=O) groups is 4. The number of benzene rings is 1. The van der Waals surface area contributed by atoms with Crippen LogP contribution in [0.25, 0.3) is 0 Å². The third-order valence-electron chi connectivity index (χ3n) is 4.60. The molecule has 9 nitrogen and oxygen atoms in total. The lowest BCUT2D eigenvalue weighted by Crippen LogP contribution is -2.48. The van der Waals surface area contributed by atoms with Crippen LogP contribution < -0.4 is 20.7 Å². The van der Waals surface area contributed by atoms with Gasteiger partial charge in [0.2, 0.25) is 0 Å². The van der Waals surface area contributed by atoms with Gasteiger partial charge in [-0.05, 0) is 44.0 Å². The minimum absolute atomic E-state index is 0.0579. The van der Waals surface area contributed by atoms with Gasteiger partial charge >= 0.3 is 12.0 Å². The maximum atomic E-state index is 12.0. The van der Waals surface area contributed by atoms with Crippen molar-refractivity contribution >= 4 is 23.8 Å². The van der Waals surface area contributed by atoms with Crippen LogP contribution in [-0.4, -0.2) is 49.6 Å². The number of amides is 4. The monoisotopic (exact) mass is 405 g/mol. The number of hydrogen-bond donors (Lipinski definition) is 3. The fourth-order valence-corrected chi connectivity index (χ4v) is 2.97. The Kier molecular flexibility index (Phi) is 8.45. The largest absolute Gasteiger partial charge is 0.497 e. The van der Waals surface area contributed by atoms with E-state index in [0.29, 0.717) is 11.3 Å². The number of nitrogens with one attached hydrogen (secondary N) is 3. The molecule has 2 rings (SSSR count). The molecule has 29 heavy (non-hydrogen) atoms. The van der Waals surface area contributed by atoms with Crippen molar-refractivity contribution in [2.24, 2.45) is 0 Å². The molecule has 1 fully saturated rings. The number of imide groups is 1. The first-order chi connectivity index (χ1) is 13.9. The first kappa shape index (κ1) is 22.2. The highest BCUT2D eigenvalue weighted by atomic mass is 16.5. The summed E-state index contributed by atoms with van der Waals surface area (Å²) in [6.45, 7) is 0.948. The molecule has 0 aromatic heterocycles. The number of esters is 1. The Bertz CT molecular complexity index is 728. The zero-order chi connectivity index (χ0) is 21.2. The van der Waals surface area contributed by atoms with E-state index in [-0.39, 0.29) is 6.04 Å². The van der Waals surface area contributed by atoms with Crippen LogP contribution in [0.3, 0.4) is 0 Å². The summed E-state index contributed by atoms with van der Waals surface area (Å²) < 4.78 is 9.97. The Morgan fingerprint density at radius 3 is 2.34 bits per heavy atom. The van der Waals surface area contributed by atoms with Crippen LogP contribution in [0.5, 0.6) is 5.75 Å². The van der Waals surface area contributed by atoms with E-state index >= 15 is 0 Å². The highest BCUT2D eigenvalue weighted by molar-refractivity contribution is 5.98.